The van der Waals surface area contributed by atoms with Crippen LogP contribution in [0.15, 0.2) is 40.8 Å². The van der Waals surface area contributed by atoms with Crippen molar-refractivity contribution in [3.8, 4) is 5.88 Å². The van der Waals surface area contributed by atoms with Crippen molar-refractivity contribution >= 4 is 41.3 Å². The molecule has 4 rings (SSSR count). The zero-order chi connectivity index (χ0) is 21.3. The minimum Gasteiger partial charge on any atom is -0.474 e. The lowest BCUT2D eigenvalue weighted by molar-refractivity contribution is 0.0177. The summed E-state index contributed by atoms with van der Waals surface area (Å²) in [7, 11) is 1.81. The first-order valence-electron chi connectivity index (χ1n) is 11.2. The zero-order valence-electron chi connectivity index (χ0n) is 18.7. The highest BCUT2D eigenvalue weighted by molar-refractivity contribution is 14.0. The Morgan fingerprint density at radius 3 is 2.72 bits per heavy atom. The van der Waals surface area contributed by atoms with Gasteiger partial charge >= 0.3 is 0 Å². The van der Waals surface area contributed by atoms with Crippen LogP contribution in [-0.2, 0) is 11.3 Å². The molecule has 32 heavy (non-hydrogen) atoms. The second kappa shape index (κ2) is 13.3. The third kappa shape index (κ3) is 7.29. The van der Waals surface area contributed by atoms with Crippen LogP contribution in [0, 0.1) is 0 Å². The van der Waals surface area contributed by atoms with Gasteiger partial charge in [-0.1, -0.05) is 12.1 Å². The predicted molar refractivity (Wildman–Crippen MR) is 140 cm³/mol. The van der Waals surface area contributed by atoms with Crippen molar-refractivity contribution in [3.05, 3.63) is 46.3 Å². The van der Waals surface area contributed by atoms with Crippen molar-refractivity contribution in [2.24, 2.45) is 4.99 Å². The number of aliphatic imine (C=N–C) groups is 1. The number of rotatable bonds is 8. The summed E-state index contributed by atoms with van der Waals surface area (Å²) in [6.45, 7) is 4.96. The first-order valence-corrected chi connectivity index (χ1v) is 12.1. The Kier molecular flexibility index (Phi) is 10.5. The summed E-state index contributed by atoms with van der Waals surface area (Å²) in [4.78, 5) is 12.7. The standard InChI is InChI=1S/C23H33N5O2S.HI/c1-24-23(26-16-18-8-9-22(25-15-18)30-19-5-2-3-6-19)27-17-20(21-7-4-14-31-21)28-10-12-29-13-11-28;/h4,7-9,14-15,19-20H,2-3,5-6,10-13,16-17H2,1H3,(H2,24,26,27);1H. The number of thiophene rings is 1. The molecule has 0 aromatic carbocycles. The normalized spacial score (nSPS) is 18.7. The van der Waals surface area contributed by atoms with Crippen LogP contribution in [-0.4, -0.2) is 61.8 Å². The molecule has 1 saturated carbocycles. The molecule has 7 nitrogen and oxygen atoms in total. The molecule has 3 heterocycles. The van der Waals surface area contributed by atoms with Gasteiger partial charge in [0, 0.05) is 50.4 Å². The molecule has 1 aliphatic carbocycles. The van der Waals surface area contributed by atoms with E-state index in [-0.39, 0.29) is 24.0 Å². The zero-order valence-corrected chi connectivity index (χ0v) is 21.8. The molecule has 1 saturated heterocycles. The Balaban J connectivity index is 0.00000289. The van der Waals surface area contributed by atoms with Gasteiger partial charge in [0.2, 0.25) is 5.88 Å². The number of nitrogens with one attached hydrogen (secondary N) is 2. The van der Waals surface area contributed by atoms with E-state index in [0.29, 0.717) is 18.7 Å². The molecular formula is C23H34IN5O2S. The predicted octanol–water partition coefficient (Wildman–Crippen LogP) is 3.82. The average Bonchev–Trinajstić information content (AvgIpc) is 3.52. The molecular weight excluding hydrogens is 537 g/mol. The van der Waals surface area contributed by atoms with Crippen molar-refractivity contribution in [2.75, 3.05) is 39.9 Å². The van der Waals surface area contributed by atoms with Crippen molar-refractivity contribution in [1.29, 1.82) is 0 Å². The van der Waals surface area contributed by atoms with Gasteiger partial charge in [0.25, 0.3) is 0 Å². The molecule has 2 fully saturated rings. The Hall–Kier alpha value is -1.43. The highest BCUT2D eigenvalue weighted by Gasteiger charge is 2.23. The van der Waals surface area contributed by atoms with Crippen LogP contribution in [0.1, 0.15) is 42.2 Å². The molecule has 176 valence electrons. The van der Waals surface area contributed by atoms with E-state index in [0.717, 1.165) is 63.1 Å². The van der Waals surface area contributed by atoms with Gasteiger partial charge in [-0.15, -0.1) is 35.3 Å². The first-order chi connectivity index (χ1) is 15.3. The van der Waals surface area contributed by atoms with Gasteiger partial charge in [-0.05, 0) is 42.7 Å². The number of ether oxygens (including phenoxy) is 2. The second-order valence-electron chi connectivity index (χ2n) is 8.02. The lowest BCUT2D eigenvalue weighted by Gasteiger charge is -2.34. The highest BCUT2D eigenvalue weighted by Crippen LogP contribution is 2.25. The van der Waals surface area contributed by atoms with Crippen LogP contribution >= 0.6 is 35.3 Å². The Morgan fingerprint density at radius 1 is 1.25 bits per heavy atom. The van der Waals surface area contributed by atoms with Gasteiger partial charge in [0.1, 0.15) is 6.10 Å². The van der Waals surface area contributed by atoms with E-state index in [2.05, 4.69) is 49.1 Å². The minimum atomic E-state index is 0. The van der Waals surface area contributed by atoms with E-state index < -0.39 is 0 Å². The number of nitrogens with zero attached hydrogens (tertiary/aromatic N) is 3. The second-order valence-corrected chi connectivity index (χ2v) is 8.99. The van der Waals surface area contributed by atoms with E-state index >= 15 is 0 Å². The van der Waals surface area contributed by atoms with Crippen molar-refractivity contribution in [3.63, 3.8) is 0 Å². The molecule has 2 aromatic rings. The number of guanidine groups is 1. The fourth-order valence-corrected chi connectivity index (χ4v) is 5.00. The molecule has 9 heteroatoms. The molecule has 1 atom stereocenters. The van der Waals surface area contributed by atoms with Gasteiger partial charge in [-0.25, -0.2) is 4.98 Å². The Morgan fingerprint density at radius 2 is 2.06 bits per heavy atom. The number of pyridine rings is 1. The van der Waals surface area contributed by atoms with E-state index in [4.69, 9.17) is 9.47 Å². The van der Waals surface area contributed by atoms with Gasteiger partial charge in [0.05, 0.1) is 19.3 Å². The molecule has 0 amide bonds. The SMILES string of the molecule is CN=C(NCc1ccc(OC2CCCC2)nc1)NCC(c1cccs1)N1CCOCC1.I. The van der Waals surface area contributed by atoms with E-state index in [1.54, 1.807) is 18.4 Å². The van der Waals surface area contributed by atoms with Crippen molar-refractivity contribution < 1.29 is 9.47 Å². The topological polar surface area (TPSA) is 71.0 Å². The summed E-state index contributed by atoms with van der Waals surface area (Å²) < 4.78 is 11.5. The van der Waals surface area contributed by atoms with Crippen LogP contribution in [0.4, 0.5) is 0 Å². The molecule has 1 aliphatic heterocycles. The van der Waals surface area contributed by atoms with Crippen LogP contribution in [0.3, 0.4) is 0 Å². The third-order valence-corrected chi connectivity index (χ3v) is 6.87. The maximum absolute atomic E-state index is 5.95. The van der Waals surface area contributed by atoms with Crippen LogP contribution in [0.25, 0.3) is 0 Å². The maximum atomic E-state index is 5.95. The number of hydrogen-bond donors (Lipinski definition) is 2. The smallest absolute Gasteiger partial charge is 0.213 e. The van der Waals surface area contributed by atoms with Crippen LogP contribution < -0.4 is 15.4 Å². The summed E-state index contributed by atoms with van der Waals surface area (Å²) in [6, 6.07) is 8.68. The maximum Gasteiger partial charge on any atom is 0.213 e. The van der Waals surface area contributed by atoms with Gasteiger partial charge in [0.15, 0.2) is 5.96 Å². The summed E-state index contributed by atoms with van der Waals surface area (Å²) in [5, 5.41) is 9.04. The highest BCUT2D eigenvalue weighted by atomic mass is 127. The molecule has 2 N–H and O–H groups in total. The van der Waals surface area contributed by atoms with Crippen molar-refractivity contribution in [2.45, 2.75) is 44.4 Å². The number of halogens is 1. The van der Waals surface area contributed by atoms with Gasteiger partial charge in [-0.2, -0.15) is 0 Å². The molecule has 0 spiro atoms. The van der Waals surface area contributed by atoms with Gasteiger partial charge in [-0.3, -0.25) is 9.89 Å². The van der Waals surface area contributed by atoms with E-state index in [1.807, 2.05) is 12.3 Å². The third-order valence-electron chi connectivity index (χ3n) is 5.89. The summed E-state index contributed by atoms with van der Waals surface area (Å²) in [5.41, 5.74) is 1.10. The number of hydrogen-bond acceptors (Lipinski definition) is 6. The van der Waals surface area contributed by atoms with E-state index in [9.17, 15) is 0 Å². The number of morpholine rings is 1. The average molecular weight is 572 g/mol. The monoisotopic (exact) mass is 571 g/mol. The molecule has 2 aromatic heterocycles. The molecule has 0 bridgehead atoms. The molecule has 0 radical (unpaired) electrons. The Labute approximate surface area is 212 Å². The number of aromatic nitrogens is 1. The Bertz CT molecular complexity index is 806. The first kappa shape index (κ1) is 25.2. The molecule has 2 aliphatic rings. The lowest BCUT2D eigenvalue weighted by atomic mass is 10.2. The lowest BCUT2D eigenvalue weighted by Crippen LogP contribution is -2.46. The van der Waals surface area contributed by atoms with Gasteiger partial charge < -0.3 is 20.1 Å². The van der Waals surface area contributed by atoms with Crippen LogP contribution in [0.5, 0.6) is 5.88 Å². The quantitative estimate of drug-likeness (QED) is 0.285. The van der Waals surface area contributed by atoms with Crippen LogP contribution in [0.2, 0.25) is 0 Å². The summed E-state index contributed by atoms with van der Waals surface area (Å²) >= 11 is 1.80. The fourth-order valence-electron chi connectivity index (χ4n) is 4.14. The summed E-state index contributed by atoms with van der Waals surface area (Å²) in [6.07, 6.45) is 7.03. The fraction of sp³-hybridized carbons (Fsp3) is 0.565. The molecule has 1 unspecified atom stereocenters. The van der Waals surface area contributed by atoms with E-state index in [1.165, 1.54) is 17.7 Å². The summed E-state index contributed by atoms with van der Waals surface area (Å²) in [5.74, 6) is 1.52. The van der Waals surface area contributed by atoms with Crippen molar-refractivity contribution in [1.82, 2.24) is 20.5 Å². The largest absolute Gasteiger partial charge is 0.474 e. The minimum absolute atomic E-state index is 0.